The molecule has 1 unspecified atom stereocenters. The number of halogens is 2. The molecule has 1 saturated heterocycles. The van der Waals surface area contributed by atoms with Crippen molar-refractivity contribution in [3.05, 3.63) is 23.8 Å². The van der Waals surface area contributed by atoms with Crippen LogP contribution in [0.4, 0.5) is 8.78 Å². The summed E-state index contributed by atoms with van der Waals surface area (Å²) >= 11 is 0. The molecule has 6 nitrogen and oxygen atoms in total. The lowest BCUT2D eigenvalue weighted by Gasteiger charge is -2.24. The standard InChI is InChI=1S/C15H16F2N2O4/c1-15(16,17)14(21)18-9-7-12(20)19-13(9)8-2-3-10-11(6-8)23-5-4-22-10/h2-3,6,9,13H,4-5,7H2,1H3,(H,18,21)(H,19,20)/t9-,13?/m0/s1. The zero-order chi connectivity index (χ0) is 16.6. The maximum atomic E-state index is 13.1. The fraction of sp³-hybridized carbons (Fsp3) is 0.467. The normalized spacial score (nSPS) is 23.3. The van der Waals surface area contributed by atoms with Crippen LogP contribution in [0.15, 0.2) is 18.2 Å². The first-order valence-electron chi connectivity index (χ1n) is 7.22. The van der Waals surface area contributed by atoms with Crippen molar-refractivity contribution < 1.29 is 27.8 Å². The SMILES string of the molecule is CC(F)(F)C(=O)N[C@H]1CC(=O)NC1c1ccc2c(c1)OCCO2. The number of benzene rings is 1. The van der Waals surface area contributed by atoms with E-state index >= 15 is 0 Å². The Morgan fingerprint density at radius 1 is 1.30 bits per heavy atom. The van der Waals surface area contributed by atoms with Gasteiger partial charge < -0.3 is 20.1 Å². The van der Waals surface area contributed by atoms with Gasteiger partial charge in [0, 0.05) is 13.3 Å². The minimum absolute atomic E-state index is 0.0546. The van der Waals surface area contributed by atoms with E-state index in [9.17, 15) is 18.4 Å². The third kappa shape index (κ3) is 3.20. The van der Waals surface area contributed by atoms with Crippen LogP contribution in [0.2, 0.25) is 0 Å². The second-order valence-electron chi connectivity index (χ2n) is 5.62. The van der Waals surface area contributed by atoms with Gasteiger partial charge in [-0.2, -0.15) is 8.78 Å². The van der Waals surface area contributed by atoms with E-state index in [-0.39, 0.29) is 12.3 Å². The second kappa shape index (κ2) is 5.68. The number of hydrogen-bond donors (Lipinski definition) is 2. The minimum Gasteiger partial charge on any atom is -0.486 e. The van der Waals surface area contributed by atoms with E-state index in [1.54, 1.807) is 18.2 Å². The molecule has 2 N–H and O–H groups in total. The van der Waals surface area contributed by atoms with E-state index in [0.717, 1.165) is 0 Å². The molecular weight excluding hydrogens is 310 g/mol. The smallest absolute Gasteiger partial charge is 0.321 e. The average molecular weight is 326 g/mol. The average Bonchev–Trinajstić information content (AvgIpc) is 2.86. The highest BCUT2D eigenvalue weighted by Crippen LogP contribution is 2.35. The van der Waals surface area contributed by atoms with Crippen molar-refractivity contribution in [2.24, 2.45) is 0 Å². The van der Waals surface area contributed by atoms with Crippen LogP contribution >= 0.6 is 0 Å². The molecular formula is C15H16F2N2O4. The summed E-state index contributed by atoms with van der Waals surface area (Å²) in [6.45, 7) is 1.39. The Kier molecular flexibility index (Phi) is 3.83. The summed E-state index contributed by atoms with van der Waals surface area (Å²) in [7, 11) is 0. The van der Waals surface area contributed by atoms with Crippen LogP contribution in [-0.2, 0) is 9.59 Å². The molecule has 0 radical (unpaired) electrons. The van der Waals surface area contributed by atoms with Gasteiger partial charge in [0.05, 0.1) is 12.1 Å². The Labute approximate surface area is 131 Å². The predicted octanol–water partition coefficient (Wildman–Crippen LogP) is 1.16. The number of ether oxygens (including phenoxy) is 2. The van der Waals surface area contributed by atoms with E-state index in [1.165, 1.54) is 0 Å². The van der Waals surface area contributed by atoms with E-state index in [2.05, 4.69) is 10.6 Å². The third-order valence-corrected chi connectivity index (χ3v) is 3.76. The zero-order valence-electron chi connectivity index (χ0n) is 12.4. The molecule has 1 fully saturated rings. The number of rotatable bonds is 3. The van der Waals surface area contributed by atoms with Gasteiger partial charge in [-0.15, -0.1) is 0 Å². The Hall–Kier alpha value is -2.38. The molecule has 0 spiro atoms. The van der Waals surface area contributed by atoms with Gasteiger partial charge in [0.1, 0.15) is 13.2 Å². The topological polar surface area (TPSA) is 76.7 Å². The largest absolute Gasteiger partial charge is 0.486 e. The van der Waals surface area contributed by atoms with Crippen LogP contribution < -0.4 is 20.1 Å². The summed E-state index contributed by atoms with van der Waals surface area (Å²) in [6, 6.07) is 3.76. The minimum atomic E-state index is -3.50. The molecule has 8 heteroatoms. The molecule has 23 heavy (non-hydrogen) atoms. The van der Waals surface area contributed by atoms with Gasteiger partial charge in [-0.25, -0.2) is 0 Å². The molecule has 124 valence electrons. The van der Waals surface area contributed by atoms with Gasteiger partial charge in [0.25, 0.3) is 5.91 Å². The highest BCUT2D eigenvalue weighted by atomic mass is 19.3. The molecule has 0 bridgehead atoms. The summed E-state index contributed by atoms with van der Waals surface area (Å²) < 4.78 is 37.0. The number of carbonyl (C=O) groups is 2. The first-order chi connectivity index (χ1) is 10.8. The molecule has 0 saturated carbocycles. The van der Waals surface area contributed by atoms with Gasteiger partial charge in [0.2, 0.25) is 5.91 Å². The number of hydrogen-bond acceptors (Lipinski definition) is 4. The van der Waals surface area contributed by atoms with E-state index in [1.807, 2.05) is 0 Å². The van der Waals surface area contributed by atoms with Crippen molar-refractivity contribution in [3.63, 3.8) is 0 Å². The van der Waals surface area contributed by atoms with Crippen molar-refractivity contribution in [1.29, 1.82) is 0 Å². The summed E-state index contributed by atoms with van der Waals surface area (Å²) in [5.41, 5.74) is 0.657. The summed E-state index contributed by atoms with van der Waals surface area (Å²) in [5, 5.41) is 4.92. The molecule has 1 aromatic carbocycles. The molecule has 2 aliphatic rings. The molecule has 2 amide bonds. The van der Waals surface area contributed by atoms with Gasteiger partial charge >= 0.3 is 5.92 Å². The van der Waals surface area contributed by atoms with Crippen LogP contribution in [0.5, 0.6) is 11.5 Å². The van der Waals surface area contributed by atoms with E-state index in [0.29, 0.717) is 37.2 Å². The fourth-order valence-corrected chi connectivity index (χ4v) is 2.65. The second-order valence-corrected chi connectivity index (χ2v) is 5.62. The maximum absolute atomic E-state index is 13.1. The lowest BCUT2D eigenvalue weighted by atomic mass is 10.00. The van der Waals surface area contributed by atoms with Gasteiger partial charge in [-0.1, -0.05) is 6.07 Å². The van der Waals surface area contributed by atoms with Crippen LogP contribution in [0, 0.1) is 0 Å². The van der Waals surface area contributed by atoms with Gasteiger partial charge in [0.15, 0.2) is 11.5 Å². The zero-order valence-corrected chi connectivity index (χ0v) is 12.4. The number of alkyl halides is 2. The quantitative estimate of drug-likeness (QED) is 0.874. The summed E-state index contributed by atoms with van der Waals surface area (Å²) in [4.78, 5) is 23.1. The Bertz CT molecular complexity index is 645. The van der Waals surface area contributed by atoms with Crippen molar-refractivity contribution in [1.82, 2.24) is 10.6 Å². The van der Waals surface area contributed by atoms with Gasteiger partial charge in [-0.05, 0) is 17.7 Å². The molecule has 1 aromatic rings. The molecule has 2 aliphatic heterocycles. The van der Waals surface area contributed by atoms with Crippen LogP contribution in [0.3, 0.4) is 0 Å². The number of amides is 2. The lowest BCUT2D eigenvalue weighted by Crippen LogP contribution is -2.45. The summed E-state index contributed by atoms with van der Waals surface area (Å²) in [5.74, 6) is -4.09. The Morgan fingerprint density at radius 2 is 2.00 bits per heavy atom. The van der Waals surface area contributed by atoms with Crippen LogP contribution in [-0.4, -0.2) is 37.0 Å². The number of fused-ring (bicyclic) bond motifs is 1. The molecule has 0 aliphatic carbocycles. The van der Waals surface area contributed by atoms with E-state index < -0.39 is 23.9 Å². The van der Waals surface area contributed by atoms with Crippen molar-refractivity contribution in [2.45, 2.75) is 31.4 Å². The molecule has 2 atom stereocenters. The summed E-state index contributed by atoms with van der Waals surface area (Å²) in [6.07, 6.45) is -0.0546. The molecule has 2 heterocycles. The third-order valence-electron chi connectivity index (χ3n) is 3.76. The Morgan fingerprint density at radius 3 is 2.70 bits per heavy atom. The lowest BCUT2D eigenvalue weighted by molar-refractivity contribution is -0.143. The van der Waals surface area contributed by atoms with E-state index in [4.69, 9.17) is 9.47 Å². The molecule has 3 rings (SSSR count). The maximum Gasteiger partial charge on any atom is 0.321 e. The fourth-order valence-electron chi connectivity index (χ4n) is 2.65. The predicted molar refractivity (Wildman–Crippen MR) is 75.5 cm³/mol. The van der Waals surface area contributed by atoms with Crippen molar-refractivity contribution in [2.75, 3.05) is 13.2 Å². The number of carbonyl (C=O) groups excluding carboxylic acids is 2. The molecule has 0 aromatic heterocycles. The first kappa shape index (κ1) is 15.5. The van der Waals surface area contributed by atoms with Gasteiger partial charge in [-0.3, -0.25) is 9.59 Å². The number of nitrogens with one attached hydrogen (secondary N) is 2. The van der Waals surface area contributed by atoms with Crippen LogP contribution in [0.1, 0.15) is 24.9 Å². The van der Waals surface area contributed by atoms with Crippen molar-refractivity contribution >= 4 is 11.8 Å². The highest BCUT2D eigenvalue weighted by molar-refractivity contribution is 5.86. The van der Waals surface area contributed by atoms with Crippen molar-refractivity contribution in [3.8, 4) is 11.5 Å². The Balaban J connectivity index is 1.82. The monoisotopic (exact) mass is 326 g/mol. The first-order valence-corrected chi connectivity index (χ1v) is 7.22. The highest BCUT2D eigenvalue weighted by Gasteiger charge is 2.40. The van der Waals surface area contributed by atoms with Crippen LogP contribution in [0.25, 0.3) is 0 Å².